The first-order chi connectivity index (χ1) is 24.1. The van der Waals surface area contributed by atoms with Crippen LogP contribution in [0.5, 0.6) is 5.75 Å². The van der Waals surface area contributed by atoms with Gasteiger partial charge in [-0.3, -0.25) is 24.6 Å². The number of ether oxygens (including phenoxy) is 4. The van der Waals surface area contributed by atoms with Crippen LogP contribution in [0.4, 0.5) is 0 Å². The molecule has 0 aliphatic carbocycles. The van der Waals surface area contributed by atoms with Crippen LogP contribution >= 0.6 is 20.0 Å². The predicted molar refractivity (Wildman–Crippen MR) is 200 cm³/mol. The van der Waals surface area contributed by atoms with Gasteiger partial charge in [0, 0.05) is 11.4 Å². The van der Waals surface area contributed by atoms with E-state index in [9.17, 15) is 14.4 Å². The molecule has 0 amide bonds. The Hall–Kier alpha value is -3.48. The van der Waals surface area contributed by atoms with Gasteiger partial charge < -0.3 is 29.2 Å². The Balaban J connectivity index is 0.00000301. The fourth-order valence-corrected chi connectivity index (χ4v) is 7.32. The standard InChI is InChI=1S/C33H45N4O7PS.C2H6.CH5N/c1-8-42-32(39)24(6)35-45(36-25(7)33(40)43-9-2)21-44-27-15-13-26(14-16-27)18-37-29(19-41-20-38)34-30(22(3)4)31(37)46-28-12-10-11-23(5)17-28;2*1-2/h10-17,20,22,24-25,35-36H,8-9,18-19,21H2,1-7H3;1-2H3;2H2,1H3. The van der Waals surface area contributed by atoms with Gasteiger partial charge in [-0.1, -0.05) is 69.3 Å². The number of carbonyl (C=O) groups excluding carboxylic acids is 3. The molecule has 1 heterocycles. The molecule has 0 saturated heterocycles. The molecule has 2 aromatic carbocycles. The number of esters is 2. The Morgan fingerprint density at radius 1 is 0.960 bits per heavy atom. The molecule has 278 valence electrons. The predicted octanol–water partition coefficient (Wildman–Crippen LogP) is 6.52. The molecule has 0 aliphatic heterocycles. The van der Waals surface area contributed by atoms with Crippen LogP contribution in [0.25, 0.3) is 0 Å². The molecule has 50 heavy (non-hydrogen) atoms. The van der Waals surface area contributed by atoms with Gasteiger partial charge in [0.15, 0.2) is 0 Å². The van der Waals surface area contributed by atoms with Crippen molar-refractivity contribution in [2.24, 2.45) is 5.73 Å². The molecule has 2 atom stereocenters. The van der Waals surface area contributed by atoms with Crippen molar-refractivity contribution < 1.29 is 33.3 Å². The monoisotopic (exact) mass is 733 g/mol. The third-order valence-corrected chi connectivity index (χ3v) is 9.56. The maximum Gasteiger partial charge on any atom is 0.323 e. The normalized spacial score (nSPS) is 12.3. The molecule has 3 aromatic rings. The van der Waals surface area contributed by atoms with E-state index in [1.807, 2.05) is 44.2 Å². The lowest BCUT2D eigenvalue weighted by Gasteiger charge is -2.25. The number of nitrogens with one attached hydrogen (secondary N) is 2. The summed E-state index contributed by atoms with van der Waals surface area (Å²) in [6.07, 6.45) is 0.186. The fraction of sp³-hybridized carbons (Fsp3) is 0.500. The van der Waals surface area contributed by atoms with Crippen molar-refractivity contribution >= 4 is 38.4 Å². The highest BCUT2D eigenvalue weighted by molar-refractivity contribution is 7.99. The van der Waals surface area contributed by atoms with Gasteiger partial charge in [0.25, 0.3) is 6.47 Å². The molecule has 0 spiro atoms. The lowest BCUT2D eigenvalue weighted by molar-refractivity contribution is -0.145. The second-order valence-electron chi connectivity index (χ2n) is 10.8. The second kappa shape index (κ2) is 24.6. The van der Waals surface area contributed by atoms with Crippen LogP contribution < -0.4 is 20.6 Å². The number of benzene rings is 2. The zero-order valence-electron chi connectivity index (χ0n) is 31.1. The summed E-state index contributed by atoms with van der Waals surface area (Å²) in [6, 6.07) is 14.8. The molecule has 12 nitrogen and oxygen atoms in total. The lowest BCUT2D eigenvalue weighted by Crippen LogP contribution is -2.41. The first-order valence-corrected chi connectivity index (χ1v) is 19.2. The Bertz CT molecular complexity index is 1410. The van der Waals surface area contributed by atoms with E-state index in [1.165, 1.54) is 12.6 Å². The second-order valence-corrected chi connectivity index (χ2v) is 13.5. The summed E-state index contributed by atoms with van der Waals surface area (Å²) in [5.74, 6) is 0.681. The first kappa shape index (κ1) is 44.5. The van der Waals surface area contributed by atoms with E-state index in [1.54, 1.807) is 39.5 Å². The maximum absolute atomic E-state index is 12.3. The van der Waals surface area contributed by atoms with Crippen molar-refractivity contribution in [3.63, 3.8) is 0 Å². The summed E-state index contributed by atoms with van der Waals surface area (Å²) in [5.41, 5.74) is 7.62. The number of hydrogen-bond acceptors (Lipinski definition) is 12. The summed E-state index contributed by atoms with van der Waals surface area (Å²) in [7, 11) is 0.176. The molecule has 4 N–H and O–H groups in total. The maximum atomic E-state index is 12.3. The van der Waals surface area contributed by atoms with Crippen LogP contribution in [0.15, 0.2) is 58.5 Å². The summed E-state index contributed by atoms with van der Waals surface area (Å²) < 4.78 is 23.6. The summed E-state index contributed by atoms with van der Waals surface area (Å²) in [6.45, 7) is 18.7. The quantitative estimate of drug-likeness (QED) is 0.0532. The van der Waals surface area contributed by atoms with E-state index in [0.717, 1.165) is 21.2 Å². The number of rotatable bonds is 19. The average Bonchev–Trinajstić information content (AvgIpc) is 3.44. The smallest absolute Gasteiger partial charge is 0.323 e. The van der Waals surface area contributed by atoms with Gasteiger partial charge in [0.2, 0.25) is 0 Å². The van der Waals surface area contributed by atoms with Gasteiger partial charge in [-0.2, -0.15) is 0 Å². The summed E-state index contributed by atoms with van der Waals surface area (Å²) in [4.78, 5) is 41.6. The SMILES string of the molecule is CC.CCOC(=O)C(C)NP(COc1ccc(Cn2c(COC=O)nc(C(C)C)c2Sc2cccc(C)c2)cc1)NC(C)C(=O)OCC.CN. The van der Waals surface area contributed by atoms with Gasteiger partial charge in [-0.05, 0) is 77.4 Å². The van der Waals surface area contributed by atoms with Crippen molar-refractivity contribution in [1.82, 2.24) is 19.7 Å². The van der Waals surface area contributed by atoms with E-state index >= 15 is 0 Å². The van der Waals surface area contributed by atoms with Gasteiger partial charge in [-0.25, -0.2) is 4.98 Å². The molecule has 2 unspecified atom stereocenters. The lowest BCUT2D eigenvalue weighted by atomic mass is 10.1. The highest BCUT2D eigenvalue weighted by atomic mass is 32.2. The zero-order chi connectivity index (χ0) is 37.6. The third kappa shape index (κ3) is 14.8. The van der Waals surface area contributed by atoms with Crippen LogP contribution in [0.3, 0.4) is 0 Å². The summed E-state index contributed by atoms with van der Waals surface area (Å²) in [5, 5.41) is 7.41. The molecular formula is C36H56N5O7PS. The van der Waals surface area contributed by atoms with Gasteiger partial charge in [-0.15, -0.1) is 0 Å². The molecule has 1 aromatic heterocycles. The molecule has 3 rings (SSSR count). The van der Waals surface area contributed by atoms with Crippen molar-refractivity contribution in [3.8, 4) is 5.75 Å². The summed E-state index contributed by atoms with van der Waals surface area (Å²) >= 11 is 1.65. The largest absolute Gasteiger partial charge is 0.486 e. The Kier molecular flexibility index (Phi) is 21.9. The van der Waals surface area contributed by atoms with E-state index in [0.29, 0.717) is 24.6 Å². The number of carbonyl (C=O) groups is 3. The minimum Gasteiger partial charge on any atom is -0.486 e. The molecule has 0 fully saturated rings. The van der Waals surface area contributed by atoms with E-state index in [4.69, 9.17) is 23.9 Å². The molecule has 0 radical (unpaired) electrons. The minimum atomic E-state index is -1.32. The van der Waals surface area contributed by atoms with Crippen LogP contribution in [-0.2, 0) is 41.7 Å². The molecule has 0 aliphatic rings. The number of imidazole rings is 1. The highest BCUT2D eigenvalue weighted by Gasteiger charge is 2.25. The number of aryl methyl sites for hydroxylation is 1. The van der Waals surface area contributed by atoms with Crippen molar-refractivity contribution in [1.29, 1.82) is 0 Å². The average molecular weight is 734 g/mol. The topological polar surface area (TPSA) is 156 Å². The number of aromatic nitrogens is 2. The van der Waals surface area contributed by atoms with E-state index in [-0.39, 0.29) is 44.0 Å². The number of hydrogen-bond donors (Lipinski definition) is 3. The van der Waals surface area contributed by atoms with Crippen molar-refractivity contribution in [3.05, 3.63) is 71.2 Å². The van der Waals surface area contributed by atoms with Crippen LogP contribution in [0.2, 0.25) is 0 Å². The van der Waals surface area contributed by atoms with Crippen molar-refractivity contribution in [2.75, 3.05) is 26.6 Å². The Labute approximate surface area is 303 Å². The first-order valence-electron chi connectivity index (χ1n) is 16.9. The van der Waals surface area contributed by atoms with Crippen molar-refractivity contribution in [2.45, 2.75) is 103 Å². The molecule has 0 bridgehead atoms. The molecule has 14 heteroatoms. The zero-order valence-corrected chi connectivity index (χ0v) is 32.9. The van der Waals surface area contributed by atoms with E-state index in [2.05, 4.69) is 59.4 Å². The van der Waals surface area contributed by atoms with Crippen LogP contribution in [0.1, 0.15) is 84.0 Å². The Morgan fingerprint density at radius 2 is 1.54 bits per heavy atom. The Morgan fingerprint density at radius 3 is 2.04 bits per heavy atom. The van der Waals surface area contributed by atoms with Crippen LogP contribution in [0, 0.1) is 6.92 Å². The minimum absolute atomic E-state index is 0.0663. The third-order valence-electron chi connectivity index (χ3n) is 6.66. The number of nitrogens with two attached hydrogens (primary N) is 1. The molecule has 0 saturated carbocycles. The van der Waals surface area contributed by atoms with Gasteiger partial charge in [0.1, 0.15) is 41.6 Å². The number of nitrogens with zero attached hydrogens (tertiary/aromatic N) is 2. The molecular weight excluding hydrogens is 677 g/mol. The van der Waals surface area contributed by atoms with Gasteiger partial charge >= 0.3 is 11.9 Å². The van der Waals surface area contributed by atoms with Crippen LogP contribution in [-0.4, -0.2) is 66.7 Å². The fourth-order valence-electron chi connectivity index (χ4n) is 4.39. The van der Waals surface area contributed by atoms with Gasteiger partial charge in [0.05, 0.1) is 27.1 Å². The highest BCUT2D eigenvalue weighted by Crippen LogP contribution is 2.36. The van der Waals surface area contributed by atoms with E-state index < -0.39 is 20.3 Å².